The molecule has 0 spiro atoms. The average Bonchev–Trinajstić information content (AvgIpc) is 2.56. The minimum absolute atomic E-state index is 0.262. The maximum atomic E-state index is 5.93. The van der Waals surface area contributed by atoms with Crippen molar-refractivity contribution in [1.82, 2.24) is 9.97 Å². The fourth-order valence-electron chi connectivity index (χ4n) is 1.73. The zero-order chi connectivity index (χ0) is 15.1. The Hall–Kier alpha value is -1.32. The number of anilines is 1. The quantitative estimate of drug-likeness (QED) is 0.504. The molecule has 2 N–H and O–H groups in total. The summed E-state index contributed by atoms with van der Waals surface area (Å²) in [6.45, 7) is 3.00. The third-order valence-corrected chi connectivity index (χ3v) is 4.67. The summed E-state index contributed by atoms with van der Waals surface area (Å²) in [6.07, 6.45) is 7.20. The molecule has 0 amide bonds. The zero-order valence-corrected chi connectivity index (χ0v) is 13.7. The number of ether oxygens (including phenoxy) is 1. The average molecular weight is 326 g/mol. The molecule has 0 unspecified atom stereocenters. The van der Waals surface area contributed by atoms with Crippen LogP contribution in [0.25, 0.3) is 0 Å². The van der Waals surface area contributed by atoms with Crippen LogP contribution in [0.2, 0.25) is 0 Å². The van der Waals surface area contributed by atoms with E-state index in [-0.39, 0.29) is 5.84 Å². The van der Waals surface area contributed by atoms with Crippen molar-refractivity contribution in [2.45, 2.75) is 0 Å². The summed E-state index contributed by atoms with van der Waals surface area (Å²) in [5, 5.41) is 8.10. The van der Waals surface area contributed by atoms with E-state index < -0.39 is 0 Å². The van der Waals surface area contributed by atoms with Crippen molar-refractivity contribution in [2.24, 2.45) is 15.9 Å². The lowest BCUT2D eigenvalue weighted by Gasteiger charge is -2.27. The Morgan fingerprint density at radius 1 is 1.24 bits per heavy atom. The third kappa shape index (κ3) is 4.58. The van der Waals surface area contributed by atoms with Gasteiger partial charge in [-0.05, 0) is 12.5 Å². The van der Waals surface area contributed by atoms with E-state index in [0.29, 0.717) is 18.9 Å². The molecule has 0 aliphatic carbocycles. The molecule has 2 heterocycles. The molecule has 1 aromatic rings. The SMILES string of the molecule is CSC(=N/N=C(\N)c1cncc(N2CCOCC2)n1)SC. The van der Waals surface area contributed by atoms with Crippen LogP contribution < -0.4 is 10.6 Å². The van der Waals surface area contributed by atoms with Gasteiger partial charge in [-0.15, -0.1) is 33.7 Å². The first-order valence-electron chi connectivity index (χ1n) is 6.39. The first-order chi connectivity index (χ1) is 10.2. The van der Waals surface area contributed by atoms with E-state index in [0.717, 1.165) is 23.3 Å². The third-order valence-electron chi connectivity index (χ3n) is 2.81. The van der Waals surface area contributed by atoms with Crippen molar-refractivity contribution in [3.8, 4) is 0 Å². The smallest absolute Gasteiger partial charge is 0.173 e. The standard InChI is InChI=1S/C12H18N6OS2/c1-20-12(21-2)17-16-11(13)9-7-14-8-10(15-9)18-3-5-19-6-4-18/h7-8H,3-6H2,1-2H3,(H2,13,16). The number of aromatic nitrogens is 2. The first-order valence-corrected chi connectivity index (χ1v) is 8.83. The largest absolute Gasteiger partial charge is 0.380 e. The number of nitrogens with two attached hydrogens (primary N) is 1. The molecule has 9 heteroatoms. The van der Waals surface area contributed by atoms with Crippen molar-refractivity contribution < 1.29 is 4.74 Å². The summed E-state index contributed by atoms with van der Waals surface area (Å²) < 4.78 is 6.17. The molecule has 1 fully saturated rings. The number of nitrogens with zero attached hydrogens (tertiary/aromatic N) is 5. The van der Waals surface area contributed by atoms with Gasteiger partial charge >= 0.3 is 0 Å². The maximum Gasteiger partial charge on any atom is 0.173 e. The molecule has 1 saturated heterocycles. The van der Waals surface area contributed by atoms with Crippen LogP contribution in [0.1, 0.15) is 5.69 Å². The molecule has 114 valence electrons. The lowest BCUT2D eigenvalue weighted by atomic mass is 10.4. The minimum Gasteiger partial charge on any atom is -0.380 e. The predicted octanol–water partition coefficient (Wildman–Crippen LogP) is 1.02. The molecule has 0 atom stereocenters. The van der Waals surface area contributed by atoms with Crippen molar-refractivity contribution in [3.05, 3.63) is 18.1 Å². The van der Waals surface area contributed by atoms with E-state index in [4.69, 9.17) is 10.5 Å². The second kappa shape index (κ2) is 8.20. The molecule has 1 aliphatic heterocycles. The Labute approximate surface area is 132 Å². The summed E-state index contributed by atoms with van der Waals surface area (Å²) in [5.41, 5.74) is 6.46. The molecule has 21 heavy (non-hydrogen) atoms. The zero-order valence-electron chi connectivity index (χ0n) is 12.0. The number of hydrogen-bond donors (Lipinski definition) is 1. The molecule has 1 aliphatic rings. The second-order valence-corrected chi connectivity index (χ2v) is 5.97. The fourth-order valence-corrected chi connectivity index (χ4v) is 2.65. The molecule has 2 rings (SSSR count). The summed E-state index contributed by atoms with van der Waals surface area (Å²) in [4.78, 5) is 10.8. The van der Waals surface area contributed by atoms with E-state index in [1.807, 2.05) is 12.5 Å². The van der Waals surface area contributed by atoms with Gasteiger partial charge in [-0.1, -0.05) is 0 Å². The van der Waals surface area contributed by atoms with Crippen LogP contribution in [-0.4, -0.2) is 59.0 Å². The van der Waals surface area contributed by atoms with E-state index in [1.54, 1.807) is 12.4 Å². The highest BCUT2D eigenvalue weighted by Gasteiger charge is 2.14. The molecule has 0 bridgehead atoms. The van der Waals surface area contributed by atoms with Crippen LogP contribution in [0.5, 0.6) is 0 Å². The number of hydrogen-bond acceptors (Lipinski definition) is 8. The Morgan fingerprint density at radius 2 is 1.95 bits per heavy atom. The van der Waals surface area contributed by atoms with Gasteiger partial charge < -0.3 is 15.4 Å². The van der Waals surface area contributed by atoms with Crippen molar-refractivity contribution in [3.63, 3.8) is 0 Å². The fraction of sp³-hybridized carbons (Fsp3) is 0.500. The van der Waals surface area contributed by atoms with Gasteiger partial charge in [0, 0.05) is 13.1 Å². The topological polar surface area (TPSA) is 89.0 Å². The normalized spacial score (nSPS) is 15.9. The highest BCUT2D eigenvalue weighted by Crippen LogP contribution is 2.13. The van der Waals surface area contributed by atoms with Crippen LogP contribution in [0, 0.1) is 0 Å². The van der Waals surface area contributed by atoms with Gasteiger partial charge in [0.15, 0.2) is 10.2 Å². The van der Waals surface area contributed by atoms with Gasteiger partial charge in [0.25, 0.3) is 0 Å². The highest BCUT2D eigenvalue weighted by molar-refractivity contribution is 8.38. The number of amidine groups is 1. The Balaban J connectivity index is 2.16. The van der Waals surface area contributed by atoms with E-state index >= 15 is 0 Å². The van der Waals surface area contributed by atoms with Crippen LogP contribution in [-0.2, 0) is 4.74 Å². The molecule has 1 aromatic heterocycles. The van der Waals surface area contributed by atoms with Gasteiger partial charge in [0.05, 0.1) is 25.6 Å². The summed E-state index contributed by atoms with van der Waals surface area (Å²) >= 11 is 3.05. The van der Waals surface area contributed by atoms with Crippen LogP contribution >= 0.6 is 23.5 Å². The van der Waals surface area contributed by atoms with Crippen molar-refractivity contribution in [1.29, 1.82) is 0 Å². The summed E-state index contributed by atoms with van der Waals surface area (Å²) in [7, 11) is 0. The molecule has 0 saturated carbocycles. The second-order valence-electron chi connectivity index (χ2n) is 4.12. The van der Waals surface area contributed by atoms with Crippen LogP contribution in [0.3, 0.4) is 0 Å². The van der Waals surface area contributed by atoms with Gasteiger partial charge in [0.2, 0.25) is 0 Å². The molecule has 0 aromatic carbocycles. The van der Waals surface area contributed by atoms with Gasteiger partial charge in [-0.2, -0.15) is 0 Å². The van der Waals surface area contributed by atoms with Crippen molar-refractivity contribution in [2.75, 3.05) is 43.7 Å². The lowest BCUT2D eigenvalue weighted by molar-refractivity contribution is 0.122. The summed E-state index contributed by atoms with van der Waals surface area (Å²) in [6, 6.07) is 0. The van der Waals surface area contributed by atoms with E-state index in [9.17, 15) is 0 Å². The van der Waals surface area contributed by atoms with Gasteiger partial charge in [0.1, 0.15) is 11.5 Å². The van der Waals surface area contributed by atoms with Crippen LogP contribution in [0.4, 0.5) is 5.82 Å². The van der Waals surface area contributed by atoms with Gasteiger partial charge in [-0.3, -0.25) is 4.98 Å². The molecular weight excluding hydrogens is 308 g/mol. The number of morpholine rings is 1. The van der Waals surface area contributed by atoms with Crippen LogP contribution in [0.15, 0.2) is 22.6 Å². The predicted molar refractivity (Wildman–Crippen MR) is 90.3 cm³/mol. The highest BCUT2D eigenvalue weighted by atomic mass is 32.2. The molecule has 0 radical (unpaired) electrons. The van der Waals surface area contributed by atoms with E-state index in [1.165, 1.54) is 23.5 Å². The lowest BCUT2D eigenvalue weighted by Crippen LogP contribution is -2.37. The minimum atomic E-state index is 0.262. The Bertz CT molecular complexity index is 524. The monoisotopic (exact) mass is 326 g/mol. The molecular formula is C12H18N6OS2. The van der Waals surface area contributed by atoms with Gasteiger partial charge in [-0.25, -0.2) is 4.98 Å². The maximum absolute atomic E-state index is 5.93. The Kier molecular flexibility index (Phi) is 6.27. The number of rotatable bonds is 3. The first kappa shape index (κ1) is 16.1. The van der Waals surface area contributed by atoms with E-state index in [2.05, 4.69) is 25.1 Å². The Morgan fingerprint density at radius 3 is 2.62 bits per heavy atom. The molecule has 7 nitrogen and oxygen atoms in total. The summed E-state index contributed by atoms with van der Waals surface area (Å²) in [5.74, 6) is 1.05. The number of thioether (sulfide) groups is 2. The van der Waals surface area contributed by atoms with Crippen molar-refractivity contribution >= 4 is 39.6 Å².